The number of thioether (sulfide) groups is 1. The van der Waals surface area contributed by atoms with Crippen LogP contribution >= 0.6 is 23.4 Å². The number of carbonyl (C=O) groups excluding carboxylic acids is 1. The number of fused-ring (bicyclic) bond motifs is 1. The van der Waals surface area contributed by atoms with E-state index in [2.05, 4.69) is 10.3 Å². The van der Waals surface area contributed by atoms with E-state index < -0.39 is 0 Å². The molecule has 0 fully saturated rings. The second-order valence-corrected chi connectivity index (χ2v) is 6.88. The average molecular weight is 347 g/mol. The van der Waals surface area contributed by atoms with E-state index in [4.69, 9.17) is 16.0 Å². The highest BCUT2D eigenvalue weighted by atomic mass is 35.5. The molecule has 1 amide bonds. The number of nitrogens with one attached hydrogen (secondary N) is 1. The fourth-order valence-electron chi connectivity index (χ4n) is 2.07. The Morgan fingerprint density at radius 3 is 2.87 bits per heavy atom. The third-order valence-corrected chi connectivity index (χ3v) is 4.56. The summed E-state index contributed by atoms with van der Waals surface area (Å²) in [5.41, 5.74) is 3.18. The lowest BCUT2D eigenvalue weighted by atomic mass is 10.2. The Morgan fingerprint density at radius 1 is 1.30 bits per heavy atom. The van der Waals surface area contributed by atoms with E-state index in [1.807, 2.05) is 44.2 Å². The third kappa shape index (κ3) is 3.68. The second kappa shape index (κ2) is 6.64. The van der Waals surface area contributed by atoms with Crippen molar-refractivity contribution < 1.29 is 9.21 Å². The summed E-state index contributed by atoms with van der Waals surface area (Å²) < 4.78 is 5.63. The highest BCUT2D eigenvalue weighted by Crippen LogP contribution is 2.28. The molecule has 1 atom stereocenters. The summed E-state index contributed by atoms with van der Waals surface area (Å²) in [5, 5.41) is 3.62. The van der Waals surface area contributed by atoms with Crippen LogP contribution in [-0.4, -0.2) is 16.1 Å². The predicted octanol–water partition coefficient (Wildman–Crippen LogP) is 4.91. The van der Waals surface area contributed by atoms with E-state index in [9.17, 15) is 4.79 Å². The zero-order valence-electron chi connectivity index (χ0n) is 12.7. The van der Waals surface area contributed by atoms with Gasteiger partial charge in [-0.15, -0.1) is 0 Å². The van der Waals surface area contributed by atoms with Crippen molar-refractivity contribution in [2.75, 3.05) is 5.32 Å². The number of hydrogen-bond donors (Lipinski definition) is 1. The number of oxazole rings is 1. The van der Waals surface area contributed by atoms with Crippen LogP contribution in [0.25, 0.3) is 11.1 Å². The second-order valence-electron chi connectivity index (χ2n) is 5.16. The Morgan fingerprint density at radius 2 is 2.09 bits per heavy atom. The van der Waals surface area contributed by atoms with Crippen LogP contribution in [0.15, 0.2) is 52.1 Å². The van der Waals surface area contributed by atoms with Crippen LogP contribution in [-0.2, 0) is 4.79 Å². The number of carbonyl (C=O) groups is 1. The number of rotatable bonds is 4. The highest BCUT2D eigenvalue weighted by molar-refractivity contribution is 8.00. The van der Waals surface area contributed by atoms with Crippen LogP contribution in [0.2, 0.25) is 5.02 Å². The number of para-hydroxylation sites is 2. The molecule has 1 unspecified atom stereocenters. The molecular formula is C17H15ClN2O2S. The Hall–Kier alpha value is -1.98. The van der Waals surface area contributed by atoms with Crippen LogP contribution in [0.1, 0.15) is 12.5 Å². The van der Waals surface area contributed by atoms with E-state index in [0.29, 0.717) is 21.5 Å². The number of hydrogen-bond acceptors (Lipinski definition) is 4. The Kier molecular flexibility index (Phi) is 4.59. The van der Waals surface area contributed by atoms with Gasteiger partial charge in [-0.25, -0.2) is 4.98 Å². The first-order valence-electron chi connectivity index (χ1n) is 7.12. The van der Waals surface area contributed by atoms with Gasteiger partial charge in [0.25, 0.3) is 5.22 Å². The summed E-state index contributed by atoms with van der Waals surface area (Å²) in [6.07, 6.45) is 0. The fourth-order valence-corrected chi connectivity index (χ4v) is 3.00. The Labute approximate surface area is 143 Å². The van der Waals surface area contributed by atoms with Crippen molar-refractivity contribution in [3.63, 3.8) is 0 Å². The van der Waals surface area contributed by atoms with Gasteiger partial charge in [0.1, 0.15) is 5.52 Å². The quantitative estimate of drug-likeness (QED) is 0.682. The molecule has 0 spiro atoms. The monoisotopic (exact) mass is 346 g/mol. The standard InChI is InChI=1S/C17H15ClN2O2S/c1-10-7-8-12(18)9-14(10)19-16(21)11(2)23-17-20-13-5-3-4-6-15(13)22-17/h3-9,11H,1-2H3,(H,19,21). The van der Waals surface area contributed by atoms with Gasteiger partial charge in [0.15, 0.2) is 5.58 Å². The summed E-state index contributed by atoms with van der Waals surface area (Å²) in [6.45, 7) is 3.74. The molecule has 23 heavy (non-hydrogen) atoms. The number of aromatic nitrogens is 1. The summed E-state index contributed by atoms with van der Waals surface area (Å²) in [7, 11) is 0. The zero-order valence-corrected chi connectivity index (χ0v) is 14.2. The van der Waals surface area contributed by atoms with Crippen LogP contribution in [0, 0.1) is 6.92 Å². The highest BCUT2D eigenvalue weighted by Gasteiger charge is 2.18. The van der Waals surface area contributed by atoms with E-state index in [1.54, 1.807) is 12.1 Å². The smallest absolute Gasteiger partial charge is 0.257 e. The number of amides is 1. The predicted molar refractivity (Wildman–Crippen MR) is 94.1 cm³/mol. The molecule has 3 aromatic rings. The molecule has 118 valence electrons. The fraction of sp³-hybridized carbons (Fsp3) is 0.176. The summed E-state index contributed by atoms with van der Waals surface area (Å²) in [4.78, 5) is 16.7. The van der Waals surface area contributed by atoms with Crippen LogP contribution in [0.4, 0.5) is 5.69 Å². The van der Waals surface area contributed by atoms with Gasteiger partial charge in [0.2, 0.25) is 5.91 Å². The van der Waals surface area contributed by atoms with Gasteiger partial charge in [-0.05, 0) is 43.7 Å². The molecule has 0 saturated carbocycles. The minimum atomic E-state index is -0.346. The number of halogens is 1. The molecule has 4 nitrogen and oxygen atoms in total. The molecule has 6 heteroatoms. The maximum absolute atomic E-state index is 12.4. The topological polar surface area (TPSA) is 55.1 Å². The first-order valence-corrected chi connectivity index (χ1v) is 8.38. The van der Waals surface area contributed by atoms with Gasteiger partial charge in [0.05, 0.1) is 5.25 Å². The maximum atomic E-state index is 12.4. The van der Waals surface area contributed by atoms with Crippen LogP contribution in [0.3, 0.4) is 0 Å². The molecule has 0 saturated heterocycles. The molecule has 0 aliphatic carbocycles. The third-order valence-electron chi connectivity index (χ3n) is 3.38. The van der Waals surface area contributed by atoms with E-state index in [-0.39, 0.29) is 11.2 Å². The number of anilines is 1. The zero-order chi connectivity index (χ0) is 16.4. The van der Waals surface area contributed by atoms with Gasteiger partial charge in [-0.3, -0.25) is 4.79 Å². The lowest BCUT2D eigenvalue weighted by Crippen LogP contribution is -2.22. The van der Waals surface area contributed by atoms with E-state index in [1.165, 1.54) is 11.8 Å². The molecule has 0 radical (unpaired) electrons. The van der Waals surface area contributed by atoms with Crippen molar-refractivity contribution in [2.24, 2.45) is 0 Å². The normalized spacial score (nSPS) is 12.3. The summed E-state index contributed by atoms with van der Waals surface area (Å²) in [6, 6.07) is 12.9. The number of benzene rings is 2. The van der Waals surface area contributed by atoms with Gasteiger partial charge >= 0.3 is 0 Å². The van der Waals surface area contributed by atoms with Crippen molar-refractivity contribution in [1.82, 2.24) is 4.98 Å². The van der Waals surface area contributed by atoms with Crippen molar-refractivity contribution in [2.45, 2.75) is 24.3 Å². The van der Waals surface area contributed by atoms with Gasteiger partial charge in [0, 0.05) is 10.7 Å². The maximum Gasteiger partial charge on any atom is 0.257 e. The van der Waals surface area contributed by atoms with Gasteiger partial charge in [-0.2, -0.15) is 0 Å². The molecular weight excluding hydrogens is 332 g/mol. The van der Waals surface area contributed by atoms with Gasteiger partial charge < -0.3 is 9.73 Å². The molecule has 0 aliphatic rings. The lowest BCUT2D eigenvalue weighted by Gasteiger charge is -2.12. The number of nitrogens with zero attached hydrogens (tertiary/aromatic N) is 1. The Balaban J connectivity index is 1.71. The first kappa shape index (κ1) is 15.9. The van der Waals surface area contributed by atoms with Crippen molar-refractivity contribution in [3.05, 3.63) is 53.1 Å². The van der Waals surface area contributed by atoms with Crippen molar-refractivity contribution in [3.8, 4) is 0 Å². The molecule has 1 heterocycles. The lowest BCUT2D eigenvalue weighted by molar-refractivity contribution is -0.115. The minimum Gasteiger partial charge on any atom is -0.431 e. The van der Waals surface area contributed by atoms with Crippen LogP contribution in [0.5, 0.6) is 0 Å². The molecule has 3 rings (SSSR count). The SMILES string of the molecule is Cc1ccc(Cl)cc1NC(=O)C(C)Sc1nc2ccccc2o1. The minimum absolute atomic E-state index is 0.123. The molecule has 1 N–H and O–H groups in total. The first-order chi connectivity index (χ1) is 11.0. The molecule has 0 bridgehead atoms. The molecule has 0 aliphatic heterocycles. The van der Waals surface area contributed by atoms with Crippen molar-refractivity contribution in [1.29, 1.82) is 0 Å². The van der Waals surface area contributed by atoms with Crippen molar-refractivity contribution >= 4 is 46.1 Å². The van der Waals surface area contributed by atoms with E-state index >= 15 is 0 Å². The van der Waals surface area contributed by atoms with Gasteiger partial charge in [-0.1, -0.05) is 41.6 Å². The molecule has 1 aromatic heterocycles. The van der Waals surface area contributed by atoms with E-state index in [0.717, 1.165) is 11.1 Å². The van der Waals surface area contributed by atoms with Crippen LogP contribution < -0.4 is 5.32 Å². The number of aryl methyl sites for hydroxylation is 1. The Bertz CT molecular complexity index is 830. The summed E-state index contributed by atoms with van der Waals surface area (Å²) >= 11 is 7.26. The summed E-state index contributed by atoms with van der Waals surface area (Å²) in [5.74, 6) is -0.123. The molecule has 2 aromatic carbocycles. The average Bonchev–Trinajstić information content (AvgIpc) is 2.93. The largest absolute Gasteiger partial charge is 0.431 e.